The molecule has 150 valence electrons. The van der Waals surface area contributed by atoms with Gasteiger partial charge in [-0.15, -0.1) is 0 Å². The van der Waals surface area contributed by atoms with E-state index in [0.29, 0.717) is 12.1 Å². The van der Waals surface area contributed by atoms with Gasteiger partial charge in [0, 0.05) is 64.0 Å². The Kier molecular flexibility index (Phi) is 6.81. The van der Waals surface area contributed by atoms with E-state index in [1.807, 2.05) is 45.4 Å². The largest absolute Gasteiger partial charge is 0.490 e. The van der Waals surface area contributed by atoms with E-state index in [0.717, 1.165) is 44.0 Å². The van der Waals surface area contributed by atoms with Crippen molar-refractivity contribution in [3.05, 3.63) is 48.4 Å². The van der Waals surface area contributed by atoms with Gasteiger partial charge in [0.1, 0.15) is 17.7 Å². The molecule has 0 bridgehead atoms. The molecular formula is C21H29N5O2. The number of nitrogens with zero attached hydrogens (tertiary/aromatic N) is 5. The Morgan fingerprint density at radius 1 is 1.18 bits per heavy atom. The standard InChI is InChI=1S/C21H29N5O2/c1-24(2)13-14-25(3)21(27)17-5-4-6-19(15-17)28-18-7-11-26(12-8-18)20-16-22-9-10-23-20/h4-6,9-10,15-16,18H,7-8,11-14H2,1-3H3. The van der Waals surface area contributed by atoms with Crippen LogP contribution in [0.3, 0.4) is 0 Å². The molecule has 0 saturated carbocycles. The number of anilines is 1. The van der Waals surface area contributed by atoms with Crippen LogP contribution in [0.25, 0.3) is 0 Å². The highest BCUT2D eigenvalue weighted by molar-refractivity contribution is 5.94. The highest BCUT2D eigenvalue weighted by Gasteiger charge is 2.22. The van der Waals surface area contributed by atoms with Crippen LogP contribution in [-0.4, -0.2) is 79.1 Å². The summed E-state index contributed by atoms with van der Waals surface area (Å²) in [6.45, 7) is 3.30. The summed E-state index contributed by atoms with van der Waals surface area (Å²) in [6.07, 6.45) is 7.17. The van der Waals surface area contributed by atoms with E-state index < -0.39 is 0 Å². The van der Waals surface area contributed by atoms with Crippen LogP contribution in [0.1, 0.15) is 23.2 Å². The smallest absolute Gasteiger partial charge is 0.253 e. The van der Waals surface area contributed by atoms with Crippen LogP contribution in [0.5, 0.6) is 5.75 Å². The third-order valence-corrected chi connectivity index (χ3v) is 4.93. The van der Waals surface area contributed by atoms with Crippen molar-refractivity contribution in [1.82, 2.24) is 19.8 Å². The molecule has 7 heteroatoms. The summed E-state index contributed by atoms with van der Waals surface area (Å²) < 4.78 is 6.17. The number of likely N-dealkylation sites (N-methyl/N-ethyl adjacent to an activating group) is 2. The molecule has 1 aromatic heterocycles. The van der Waals surface area contributed by atoms with Gasteiger partial charge in [0.25, 0.3) is 5.91 Å². The fourth-order valence-corrected chi connectivity index (χ4v) is 3.22. The van der Waals surface area contributed by atoms with E-state index >= 15 is 0 Å². The molecule has 3 rings (SSSR count). The van der Waals surface area contributed by atoms with Crippen LogP contribution < -0.4 is 9.64 Å². The molecule has 0 atom stereocenters. The number of benzene rings is 1. The van der Waals surface area contributed by atoms with E-state index in [1.165, 1.54) is 0 Å². The highest BCUT2D eigenvalue weighted by Crippen LogP contribution is 2.22. The average Bonchev–Trinajstić information content (AvgIpc) is 2.73. The molecule has 0 N–H and O–H groups in total. The van der Waals surface area contributed by atoms with Crippen LogP contribution in [0.2, 0.25) is 0 Å². The van der Waals surface area contributed by atoms with Crippen molar-refractivity contribution >= 4 is 11.7 Å². The lowest BCUT2D eigenvalue weighted by Crippen LogP contribution is -2.38. The van der Waals surface area contributed by atoms with Gasteiger partial charge in [-0.3, -0.25) is 9.78 Å². The molecule has 1 amide bonds. The molecule has 0 spiro atoms. The molecule has 0 unspecified atom stereocenters. The minimum absolute atomic E-state index is 0.0183. The lowest BCUT2D eigenvalue weighted by molar-refractivity contribution is 0.0785. The van der Waals surface area contributed by atoms with Crippen molar-refractivity contribution < 1.29 is 9.53 Å². The van der Waals surface area contributed by atoms with E-state index in [1.54, 1.807) is 23.5 Å². The van der Waals surface area contributed by atoms with Crippen molar-refractivity contribution in [2.75, 3.05) is 52.2 Å². The summed E-state index contributed by atoms with van der Waals surface area (Å²) in [4.78, 5) is 27.2. The van der Waals surface area contributed by atoms with Gasteiger partial charge in [0.2, 0.25) is 0 Å². The fourth-order valence-electron chi connectivity index (χ4n) is 3.22. The molecule has 1 saturated heterocycles. The molecule has 0 radical (unpaired) electrons. The maximum atomic E-state index is 12.6. The highest BCUT2D eigenvalue weighted by atomic mass is 16.5. The number of hydrogen-bond acceptors (Lipinski definition) is 6. The molecular weight excluding hydrogens is 354 g/mol. The summed E-state index contributed by atoms with van der Waals surface area (Å²) in [6, 6.07) is 7.50. The number of hydrogen-bond donors (Lipinski definition) is 0. The van der Waals surface area contributed by atoms with Gasteiger partial charge in [0.05, 0.1) is 6.20 Å². The molecule has 2 aromatic rings. The van der Waals surface area contributed by atoms with Gasteiger partial charge in [-0.2, -0.15) is 0 Å². The third kappa shape index (κ3) is 5.42. The second kappa shape index (κ2) is 9.50. The summed E-state index contributed by atoms with van der Waals surface area (Å²) in [5.41, 5.74) is 0.663. The number of ether oxygens (including phenoxy) is 1. The fraction of sp³-hybridized carbons (Fsp3) is 0.476. The van der Waals surface area contributed by atoms with Crippen molar-refractivity contribution in [3.63, 3.8) is 0 Å². The van der Waals surface area contributed by atoms with Crippen molar-refractivity contribution in [1.29, 1.82) is 0 Å². The van der Waals surface area contributed by atoms with Crippen molar-refractivity contribution in [2.45, 2.75) is 18.9 Å². The Bertz CT molecular complexity index is 760. The van der Waals surface area contributed by atoms with E-state index in [2.05, 4.69) is 19.8 Å². The average molecular weight is 383 g/mol. The summed E-state index contributed by atoms with van der Waals surface area (Å²) >= 11 is 0. The molecule has 28 heavy (non-hydrogen) atoms. The molecule has 1 aliphatic rings. The maximum absolute atomic E-state index is 12.6. The molecule has 1 fully saturated rings. The zero-order valence-electron chi connectivity index (χ0n) is 16.9. The van der Waals surface area contributed by atoms with Gasteiger partial charge in [0.15, 0.2) is 0 Å². The first-order valence-electron chi connectivity index (χ1n) is 9.71. The predicted octanol–water partition coefficient (Wildman–Crippen LogP) is 2.16. The Balaban J connectivity index is 1.54. The molecule has 7 nitrogen and oxygen atoms in total. The zero-order chi connectivity index (χ0) is 19.9. The Labute approximate surface area is 166 Å². The first kappa shape index (κ1) is 20.1. The molecule has 0 aliphatic carbocycles. The van der Waals surface area contributed by atoms with Crippen LogP contribution in [0.4, 0.5) is 5.82 Å². The monoisotopic (exact) mass is 383 g/mol. The summed E-state index contributed by atoms with van der Waals surface area (Å²) in [7, 11) is 5.84. The van der Waals surface area contributed by atoms with Gasteiger partial charge in [-0.25, -0.2) is 4.98 Å². The number of rotatable bonds is 7. The van der Waals surface area contributed by atoms with E-state index in [9.17, 15) is 4.79 Å². The minimum Gasteiger partial charge on any atom is -0.490 e. The second-order valence-corrected chi connectivity index (χ2v) is 7.43. The lowest BCUT2D eigenvalue weighted by atomic mass is 10.1. The number of carbonyl (C=O) groups is 1. The van der Waals surface area contributed by atoms with Gasteiger partial charge in [-0.1, -0.05) is 6.07 Å². The minimum atomic E-state index is 0.0183. The Morgan fingerprint density at radius 2 is 1.96 bits per heavy atom. The quantitative estimate of drug-likeness (QED) is 0.730. The topological polar surface area (TPSA) is 61.8 Å². The van der Waals surface area contributed by atoms with Crippen LogP contribution >= 0.6 is 0 Å². The van der Waals surface area contributed by atoms with Crippen molar-refractivity contribution in [2.24, 2.45) is 0 Å². The van der Waals surface area contributed by atoms with Crippen molar-refractivity contribution in [3.8, 4) is 5.75 Å². The first-order chi connectivity index (χ1) is 13.5. The molecule has 1 aliphatic heterocycles. The summed E-state index contributed by atoms with van der Waals surface area (Å²) in [5.74, 6) is 1.68. The first-order valence-corrected chi connectivity index (χ1v) is 9.71. The van der Waals surface area contributed by atoms with Gasteiger partial charge >= 0.3 is 0 Å². The number of piperidine rings is 1. The Hall–Kier alpha value is -2.67. The van der Waals surface area contributed by atoms with Gasteiger partial charge in [-0.05, 0) is 32.3 Å². The summed E-state index contributed by atoms with van der Waals surface area (Å²) in [5, 5.41) is 0. The number of amides is 1. The predicted molar refractivity (Wildman–Crippen MR) is 110 cm³/mol. The molecule has 2 heterocycles. The third-order valence-electron chi connectivity index (χ3n) is 4.93. The van der Waals surface area contributed by atoms with E-state index in [-0.39, 0.29) is 12.0 Å². The maximum Gasteiger partial charge on any atom is 0.253 e. The molecule has 1 aromatic carbocycles. The zero-order valence-corrected chi connectivity index (χ0v) is 16.9. The van der Waals surface area contributed by atoms with Crippen LogP contribution in [0.15, 0.2) is 42.9 Å². The van der Waals surface area contributed by atoms with E-state index in [4.69, 9.17) is 4.74 Å². The number of carbonyl (C=O) groups excluding carboxylic acids is 1. The Morgan fingerprint density at radius 3 is 2.64 bits per heavy atom. The lowest BCUT2D eigenvalue weighted by Gasteiger charge is -2.32. The SMILES string of the molecule is CN(C)CCN(C)C(=O)c1cccc(OC2CCN(c3cnccn3)CC2)c1. The van der Waals surface area contributed by atoms with Crippen LogP contribution in [-0.2, 0) is 0 Å². The second-order valence-electron chi connectivity index (χ2n) is 7.43. The normalized spacial score (nSPS) is 14.9. The van der Waals surface area contributed by atoms with Crippen LogP contribution in [0, 0.1) is 0 Å². The van der Waals surface area contributed by atoms with Gasteiger partial charge < -0.3 is 19.4 Å². The number of aromatic nitrogens is 2.